The zero-order chi connectivity index (χ0) is 16.5. The first kappa shape index (κ1) is 17.9. The average Bonchev–Trinajstić information content (AvgIpc) is 2.56. The minimum Gasteiger partial charge on any atom is -0.378 e. The molecule has 0 unspecified atom stereocenters. The number of hydrogen-bond donors (Lipinski definition) is 1. The number of urea groups is 1. The van der Waals surface area contributed by atoms with Crippen LogP contribution in [0.3, 0.4) is 0 Å². The van der Waals surface area contributed by atoms with E-state index in [0.29, 0.717) is 18.1 Å². The molecule has 2 rings (SSSR count). The number of carbonyl (C=O) groups excluding carboxylic acids is 1. The Bertz CT molecular complexity index is 502. The molecule has 1 aromatic carbocycles. The molecule has 1 aliphatic heterocycles. The van der Waals surface area contributed by atoms with Gasteiger partial charge in [-0.1, -0.05) is 30.3 Å². The Morgan fingerprint density at radius 1 is 1.30 bits per heavy atom. The van der Waals surface area contributed by atoms with Crippen LogP contribution in [0, 0.1) is 0 Å². The molecule has 6 heteroatoms. The fourth-order valence-electron chi connectivity index (χ4n) is 2.68. The lowest BCUT2D eigenvalue weighted by molar-refractivity contribution is 0.0221. The van der Waals surface area contributed by atoms with Gasteiger partial charge in [0.15, 0.2) is 0 Å². The van der Waals surface area contributed by atoms with E-state index in [0.717, 1.165) is 38.1 Å². The summed E-state index contributed by atoms with van der Waals surface area (Å²) in [5.41, 5.74) is 1.06. The fourth-order valence-corrected chi connectivity index (χ4v) is 3.72. The van der Waals surface area contributed by atoms with Gasteiger partial charge in [-0.15, -0.1) is 0 Å². The van der Waals surface area contributed by atoms with Crippen molar-refractivity contribution in [3.05, 3.63) is 35.9 Å². The van der Waals surface area contributed by atoms with Crippen molar-refractivity contribution in [2.24, 2.45) is 0 Å². The summed E-state index contributed by atoms with van der Waals surface area (Å²) in [6, 6.07) is 9.72. The maximum atomic E-state index is 12.1. The number of nitrogens with zero attached hydrogens (tertiary/aromatic N) is 1. The summed E-state index contributed by atoms with van der Waals surface area (Å²) in [4.78, 5) is 13.9. The van der Waals surface area contributed by atoms with Crippen LogP contribution < -0.4 is 5.32 Å². The van der Waals surface area contributed by atoms with Gasteiger partial charge in [-0.25, -0.2) is 4.79 Å². The molecule has 0 aliphatic carbocycles. The van der Waals surface area contributed by atoms with Gasteiger partial charge in [0.2, 0.25) is 0 Å². The third-order valence-electron chi connectivity index (χ3n) is 3.91. The van der Waals surface area contributed by atoms with Crippen LogP contribution in [0.15, 0.2) is 30.3 Å². The van der Waals surface area contributed by atoms with E-state index in [1.54, 1.807) is 0 Å². The molecular formula is C17H26N2O3S. The SMILES string of the molecule is CCOC1CCN(C(=O)NCC[S@@](=O)Cc2ccccc2)CC1. The van der Waals surface area contributed by atoms with E-state index in [-0.39, 0.29) is 12.1 Å². The second-order valence-electron chi connectivity index (χ2n) is 5.65. The maximum absolute atomic E-state index is 12.1. The van der Waals surface area contributed by atoms with Gasteiger partial charge in [-0.3, -0.25) is 4.21 Å². The van der Waals surface area contributed by atoms with Gasteiger partial charge in [-0.2, -0.15) is 0 Å². The van der Waals surface area contributed by atoms with E-state index < -0.39 is 10.8 Å². The molecule has 1 N–H and O–H groups in total. The molecule has 1 atom stereocenters. The third-order valence-corrected chi connectivity index (χ3v) is 5.22. The number of likely N-dealkylation sites (tertiary alicyclic amines) is 1. The van der Waals surface area contributed by atoms with Crippen LogP contribution in [0.1, 0.15) is 25.3 Å². The minimum absolute atomic E-state index is 0.0586. The largest absolute Gasteiger partial charge is 0.378 e. The van der Waals surface area contributed by atoms with Crippen LogP contribution in [0.25, 0.3) is 0 Å². The lowest BCUT2D eigenvalue weighted by atomic mass is 10.1. The Morgan fingerprint density at radius 3 is 2.65 bits per heavy atom. The van der Waals surface area contributed by atoms with Crippen molar-refractivity contribution < 1.29 is 13.7 Å². The van der Waals surface area contributed by atoms with Gasteiger partial charge < -0.3 is 15.0 Å². The first-order chi connectivity index (χ1) is 11.2. The molecule has 5 nitrogen and oxygen atoms in total. The standard InChI is InChI=1S/C17H26N2O3S/c1-2-22-16-8-11-19(12-9-16)17(20)18-10-13-23(21)14-15-6-4-3-5-7-15/h3-7,16H,2,8-14H2,1H3,(H,18,20)/t23-/m1/s1. The van der Waals surface area contributed by atoms with Crippen molar-refractivity contribution in [3.8, 4) is 0 Å². The highest BCUT2D eigenvalue weighted by atomic mass is 32.2. The molecule has 0 aromatic heterocycles. The third kappa shape index (κ3) is 6.31. The Balaban J connectivity index is 1.62. The van der Waals surface area contributed by atoms with Crippen molar-refractivity contribution in [2.45, 2.75) is 31.6 Å². The lowest BCUT2D eigenvalue weighted by Gasteiger charge is -2.31. The Morgan fingerprint density at radius 2 is 2.00 bits per heavy atom. The second-order valence-corrected chi connectivity index (χ2v) is 7.22. The fraction of sp³-hybridized carbons (Fsp3) is 0.588. The van der Waals surface area contributed by atoms with E-state index in [1.165, 1.54) is 0 Å². The number of amides is 2. The molecule has 1 fully saturated rings. The molecule has 2 amide bonds. The number of hydrogen-bond acceptors (Lipinski definition) is 3. The smallest absolute Gasteiger partial charge is 0.317 e. The molecule has 0 bridgehead atoms. The summed E-state index contributed by atoms with van der Waals surface area (Å²) in [6.45, 7) is 4.62. The Kier molecular flexibility index (Phi) is 7.55. The van der Waals surface area contributed by atoms with Gasteiger partial charge >= 0.3 is 6.03 Å². The van der Waals surface area contributed by atoms with Crippen molar-refractivity contribution in [2.75, 3.05) is 32.0 Å². The van der Waals surface area contributed by atoms with E-state index >= 15 is 0 Å². The Hall–Kier alpha value is -1.40. The quantitative estimate of drug-likeness (QED) is 0.829. The number of benzene rings is 1. The van der Waals surface area contributed by atoms with E-state index in [9.17, 15) is 9.00 Å². The molecule has 0 radical (unpaired) electrons. The second kappa shape index (κ2) is 9.67. The monoisotopic (exact) mass is 338 g/mol. The summed E-state index contributed by atoms with van der Waals surface area (Å²) < 4.78 is 17.6. The van der Waals surface area contributed by atoms with Gasteiger partial charge in [0.25, 0.3) is 0 Å². The summed E-state index contributed by atoms with van der Waals surface area (Å²) >= 11 is 0. The van der Waals surface area contributed by atoms with E-state index in [2.05, 4.69) is 5.32 Å². The van der Waals surface area contributed by atoms with Crippen LogP contribution >= 0.6 is 0 Å². The number of piperidine rings is 1. The average molecular weight is 338 g/mol. The number of nitrogens with one attached hydrogen (secondary N) is 1. The van der Waals surface area contributed by atoms with E-state index in [1.807, 2.05) is 42.2 Å². The molecule has 128 valence electrons. The molecular weight excluding hydrogens is 312 g/mol. The molecule has 1 aromatic rings. The van der Waals surface area contributed by atoms with Crippen molar-refractivity contribution >= 4 is 16.8 Å². The maximum Gasteiger partial charge on any atom is 0.317 e. The van der Waals surface area contributed by atoms with Crippen molar-refractivity contribution in [1.29, 1.82) is 0 Å². The lowest BCUT2D eigenvalue weighted by Crippen LogP contribution is -2.46. The van der Waals surface area contributed by atoms with Crippen LogP contribution in [-0.4, -0.2) is 53.2 Å². The normalized spacial score (nSPS) is 17.0. The highest BCUT2D eigenvalue weighted by Crippen LogP contribution is 2.13. The molecule has 23 heavy (non-hydrogen) atoms. The molecule has 1 aliphatic rings. The van der Waals surface area contributed by atoms with Crippen LogP contribution in [-0.2, 0) is 21.3 Å². The highest BCUT2D eigenvalue weighted by Gasteiger charge is 2.22. The summed E-state index contributed by atoms with van der Waals surface area (Å²) in [7, 11) is -0.954. The highest BCUT2D eigenvalue weighted by molar-refractivity contribution is 7.84. The zero-order valence-electron chi connectivity index (χ0n) is 13.7. The predicted molar refractivity (Wildman–Crippen MR) is 92.8 cm³/mol. The topological polar surface area (TPSA) is 58.6 Å². The molecule has 1 heterocycles. The molecule has 0 spiro atoms. The Labute approximate surface area is 140 Å². The predicted octanol–water partition coefficient (Wildman–Crippen LogP) is 2.15. The molecule has 0 saturated carbocycles. The van der Waals surface area contributed by atoms with Crippen LogP contribution in [0.2, 0.25) is 0 Å². The number of ether oxygens (including phenoxy) is 1. The van der Waals surface area contributed by atoms with Gasteiger partial charge in [0.1, 0.15) is 0 Å². The summed E-state index contributed by atoms with van der Waals surface area (Å²) in [5.74, 6) is 1.02. The summed E-state index contributed by atoms with van der Waals surface area (Å²) in [6.07, 6.45) is 2.06. The van der Waals surface area contributed by atoms with Crippen molar-refractivity contribution in [3.63, 3.8) is 0 Å². The van der Waals surface area contributed by atoms with E-state index in [4.69, 9.17) is 4.74 Å². The van der Waals surface area contributed by atoms with Gasteiger partial charge in [0.05, 0.1) is 6.10 Å². The number of carbonyl (C=O) groups is 1. The zero-order valence-corrected chi connectivity index (χ0v) is 14.5. The summed E-state index contributed by atoms with van der Waals surface area (Å²) in [5, 5.41) is 2.87. The first-order valence-electron chi connectivity index (χ1n) is 8.22. The first-order valence-corrected chi connectivity index (χ1v) is 9.71. The molecule has 1 saturated heterocycles. The minimum atomic E-state index is -0.954. The van der Waals surface area contributed by atoms with Crippen LogP contribution in [0.5, 0.6) is 0 Å². The van der Waals surface area contributed by atoms with Crippen LogP contribution in [0.4, 0.5) is 4.79 Å². The van der Waals surface area contributed by atoms with Crippen molar-refractivity contribution in [1.82, 2.24) is 10.2 Å². The van der Waals surface area contributed by atoms with Gasteiger partial charge in [0, 0.05) is 48.5 Å². The van der Waals surface area contributed by atoms with Gasteiger partial charge in [-0.05, 0) is 25.3 Å². The number of rotatable bonds is 7.